The van der Waals surface area contributed by atoms with E-state index in [2.05, 4.69) is 20.9 Å². The molecule has 1 nitrogen and oxygen atoms in total. The van der Waals surface area contributed by atoms with E-state index in [1.54, 1.807) is 6.20 Å². The van der Waals surface area contributed by atoms with Crippen LogP contribution < -0.4 is 0 Å². The number of halogens is 2. The Bertz CT molecular complexity index is 154. The summed E-state index contributed by atoms with van der Waals surface area (Å²) in [4.78, 5) is 3.93. The van der Waals surface area contributed by atoms with Crippen LogP contribution in [0.1, 0.15) is 5.56 Å². The van der Waals surface area contributed by atoms with Gasteiger partial charge in [-0.05, 0) is 11.6 Å². The van der Waals surface area contributed by atoms with Gasteiger partial charge in [0.2, 0.25) is 0 Å². The molecule has 0 bridgehead atoms. The highest BCUT2D eigenvalue weighted by atomic mass is 127. The van der Waals surface area contributed by atoms with Gasteiger partial charge in [0, 0.05) is 17.7 Å². The second-order valence-corrected chi connectivity index (χ2v) is 2.06. The summed E-state index contributed by atoms with van der Waals surface area (Å²) in [6.07, 6.45) is 3.61. The summed E-state index contributed by atoms with van der Waals surface area (Å²) < 4.78 is 0. The number of aromatic nitrogens is 1. The molecule has 0 amide bonds. The Kier molecular flexibility index (Phi) is 5.38. The molecule has 1 heterocycles. The number of nitrogens with zero attached hydrogens (tertiary/aromatic N) is 1. The fraction of sp³-hybridized carbons (Fsp3) is 0.167. The van der Waals surface area contributed by atoms with E-state index in [1.165, 1.54) is 5.56 Å². The van der Waals surface area contributed by atoms with Crippen LogP contribution in [0.15, 0.2) is 24.5 Å². The van der Waals surface area contributed by atoms with Crippen molar-refractivity contribution in [2.24, 2.45) is 0 Å². The maximum absolute atomic E-state index is 3.93. The second kappa shape index (κ2) is 5.17. The lowest BCUT2D eigenvalue weighted by Crippen LogP contribution is -1.75. The quantitative estimate of drug-likeness (QED) is 0.574. The summed E-state index contributed by atoms with van der Waals surface area (Å²) in [7, 11) is 0. The largest absolute Gasteiger partial charge is 0.264 e. The highest BCUT2D eigenvalue weighted by Crippen LogP contribution is 2.00. The first kappa shape index (κ1) is 9.36. The van der Waals surface area contributed by atoms with Crippen LogP contribution in [0.4, 0.5) is 0 Å². The minimum atomic E-state index is 0. The van der Waals surface area contributed by atoms with Crippen LogP contribution in [0, 0.1) is 0 Å². The molecule has 1 rings (SSSR count). The fourth-order valence-corrected chi connectivity index (χ4v) is 0.809. The third-order valence-electron chi connectivity index (χ3n) is 0.877. The third-order valence-corrected chi connectivity index (χ3v) is 1.52. The molecular weight excluding hydrogens is 293 g/mol. The van der Waals surface area contributed by atoms with E-state index >= 15 is 0 Å². The predicted octanol–water partition coefficient (Wildman–Crippen LogP) is 2.59. The number of hydrogen-bond donors (Lipinski definition) is 0. The predicted molar refractivity (Wildman–Crippen MR) is 52.3 cm³/mol. The van der Waals surface area contributed by atoms with E-state index in [0.717, 1.165) is 5.33 Å². The molecule has 0 saturated carbocycles. The fourth-order valence-electron chi connectivity index (χ4n) is 0.477. The molecule has 0 radical (unpaired) electrons. The first-order valence-corrected chi connectivity index (χ1v) is 3.50. The van der Waals surface area contributed by atoms with Crippen molar-refractivity contribution >= 4 is 39.9 Å². The van der Waals surface area contributed by atoms with Crippen molar-refractivity contribution in [3.8, 4) is 0 Å². The molecule has 1 aromatic heterocycles. The number of alkyl halides is 1. The van der Waals surface area contributed by atoms with Crippen LogP contribution in [0.5, 0.6) is 0 Å². The molecule has 0 aliphatic carbocycles. The Labute approximate surface area is 80.0 Å². The van der Waals surface area contributed by atoms with Crippen molar-refractivity contribution < 1.29 is 0 Å². The molecule has 0 fully saturated rings. The number of rotatable bonds is 1. The molecule has 0 spiro atoms. The Morgan fingerprint density at radius 2 is 2.33 bits per heavy atom. The van der Waals surface area contributed by atoms with E-state index in [4.69, 9.17) is 0 Å². The molecule has 0 atom stereocenters. The zero-order chi connectivity index (χ0) is 5.82. The van der Waals surface area contributed by atoms with Crippen molar-refractivity contribution in [1.29, 1.82) is 0 Å². The lowest BCUT2D eigenvalue weighted by atomic mass is 10.3. The normalized spacial score (nSPS) is 8.11. The van der Waals surface area contributed by atoms with E-state index in [1.807, 2.05) is 18.3 Å². The lowest BCUT2D eigenvalue weighted by molar-refractivity contribution is 1.26. The summed E-state index contributed by atoms with van der Waals surface area (Å²) >= 11 is 3.32. The van der Waals surface area contributed by atoms with Gasteiger partial charge < -0.3 is 0 Å². The number of hydrogen-bond acceptors (Lipinski definition) is 1. The maximum Gasteiger partial charge on any atom is 0.0308 e. The van der Waals surface area contributed by atoms with Crippen molar-refractivity contribution in [1.82, 2.24) is 4.98 Å². The first-order chi connectivity index (χ1) is 3.93. The lowest BCUT2D eigenvalue weighted by Gasteiger charge is -1.87. The molecule has 0 aromatic carbocycles. The van der Waals surface area contributed by atoms with Crippen LogP contribution in [-0.2, 0) is 5.33 Å². The Morgan fingerprint density at radius 3 is 2.67 bits per heavy atom. The van der Waals surface area contributed by atoms with Crippen molar-refractivity contribution in [3.05, 3.63) is 30.1 Å². The van der Waals surface area contributed by atoms with Crippen molar-refractivity contribution in [2.45, 2.75) is 5.33 Å². The van der Waals surface area contributed by atoms with Crippen LogP contribution in [0.25, 0.3) is 0 Å². The van der Waals surface area contributed by atoms with E-state index in [-0.39, 0.29) is 24.0 Å². The van der Waals surface area contributed by atoms with Crippen molar-refractivity contribution in [2.75, 3.05) is 0 Å². The van der Waals surface area contributed by atoms with Gasteiger partial charge in [0.1, 0.15) is 0 Å². The Balaban J connectivity index is 0.000000640. The van der Waals surface area contributed by atoms with Gasteiger partial charge in [-0.3, -0.25) is 4.98 Å². The molecule has 0 saturated heterocycles. The molecule has 1 aromatic rings. The summed E-state index contributed by atoms with van der Waals surface area (Å²) in [5.74, 6) is 0. The van der Waals surface area contributed by atoms with Crippen LogP contribution in [0.3, 0.4) is 0 Å². The molecule has 0 unspecified atom stereocenters. The first-order valence-electron chi connectivity index (χ1n) is 2.38. The molecular formula is C6H7BrIN. The Morgan fingerprint density at radius 1 is 1.56 bits per heavy atom. The van der Waals surface area contributed by atoms with Gasteiger partial charge in [-0.1, -0.05) is 22.0 Å². The van der Waals surface area contributed by atoms with Gasteiger partial charge in [0.15, 0.2) is 0 Å². The van der Waals surface area contributed by atoms with Crippen LogP contribution >= 0.6 is 39.9 Å². The highest BCUT2D eigenvalue weighted by molar-refractivity contribution is 14.0. The van der Waals surface area contributed by atoms with E-state index < -0.39 is 0 Å². The van der Waals surface area contributed by atoms with Gasteiger partial charge in [-0.2, -0.15) is 0 Å². The molecule has 0 aliphatic heterocycles. The summed E-state index contributed by atoms with van der Waals surface area (Å²) in [6.45, 7) is 0. The summed E-state index contributed by atoms with van der Waals surface area (Å²) in [6, 6.07) is 3.96. The number of pyridine rings is 1. The second-order valence-electron chi connectivity index (χ2n) is 1.49. The van der Waals surface area contributed by atoms with Gasteiger partial charge in [0.25, 0.3) is 0 Å². The minimum Gasteiger partial charge on any atom is -0.264 e. The zero-order valence-corrected chi connectivity index (χ0v) is 8.67. The minimum absolute atomic E-state index is 0. The maximum atomic E-state index is 3.93. The van der Waals surface area contributed by atoms with Crippen LogP contribution in [-0.4, -0.2) is 4.98 Å². The van der Waals surface area contributed by atoms with Gasteiger partial charge in [0.05, 0.1) is 0 Å². The van der Waals surface area contributed by atoms with Gasteiger partial charge >= 0.3 is 0 Å². The third kappa shape index (κ3) is 3.15. The molecule has 0 aliphatic rings. The topological polar surface area (TPSA) is 12.9 Å². The van der Waals surface area contributed by atoms with Gasteiger partial charge in [-0.25, -0.2) is 0 Å². The molecule has 9 heavy (non-hydrogen) atoms. The molecule has 0 N–H and O–H groups in total. The Hall–Kier alpha value is 0.360. The average Bonchev–Trinajstić information content (AvgIpc) is 1.90. The van der Waals surface area contributed by atoms with E-state index in [0.29, 0.717) is 0 Å². The van der Waals surface area contributed by atoms with Crippen molar-refractivity contribution in [3.63, 3.8) is 0 Å². The smallest absolute Gasteiger partial charge is 0.0308 e. The summed E-state index contributed by atoms with van der Waals surface area (Å²) in [5.41, 5.74) is 1.22. The summed E-state index contributed by atoms with van der Waals surface area (Å²) in [5, 5.41) is 0.890. The average molecular weight is 300 g/mol. The van der Waals surface area contributed by atoms with Crippen LogP contribution in [0.2, 0.25) is 0 Å². The highest BCUT2D eigenvalue weighted by Gasteiger charge is 1.82. The van der Waals surface area contributed by atoms with Gasteiger partial charge in [-0.15, -0.1) is 24.0 Å². The molecule has 3 heteroatoms. The SMILES string of the molecule is BrCc1cccnc1.I. The van der Waals surface area contributed by atoms with E-state index in [9.17, 15) is 0 Å². The standard InChI is InChI=1S/C6H6BrN.HI/c7-4-6-2-1-3-8-5-6;/h1-3,5H,4H2;1H. The molecule has 50 valence electrons. The monoisotopic (exact) mass is 299 g/mol. The zero-order valence-electron chi connectivity index (χ0n) is 4.75.